The SMILES string of the molecule is COc1ccc(N(CC(=O)N2CCN(Cc3ccccc3)CC2)S(=O)(=O)c2cc(C)ccc2OC)cc1Cl. The van der Waals surface area contributed by atoms with Crippen molar-refractivity contribution in [2.75, 3.05) is 51.2 Å². The predicted molar refractivity (Wildman–Crippen MR) is 149 cm³/mol. The van der Waals surface area contributed by atoms with Gasteiger partial charge in [0.25, 0.3) is 10.0 Å². The third-order valence-corrected chi connectivity index (χ3v) is 8.65. The summed E-state index contributed by atoms with van der Waals surface area (Å²) in [6.45, 7) is 4.66. The number of piperazine rings is 1. The van der Waals surface area contributed by atoms with Crippen LogP contribution in [0.25, 0.3) is 0 Å². The van der Waals surface area contributed by atoms with Gasteiger partial charge < -0.3 is 14.4 Å². The molecule has 3 aromatic rings. The van der Waals surface area contributed by atoms with E-state index < -0.39 is 10.0 Å². The van der Waals surface area contributed by atoms with Crippen molar-refractivity contribution < 1.29 is 22.7 Å². The van der Waals surface area contributed by atoms with Crippen LogP contribution < -0.4 is 13.8 Å². The Balaban J connectivity index is 1.58. The molecule has 4 rings (SSSR count). The standard InChI is InChI=1S/C28H32ClN3O5S/c1-21-9-11-26(37-3)27(17-21)38(34,35)32(23-10-12-25(36-2)24(29)18-23)20-28(33)31-15-13-30(14-16-31)19-22-7-5-4-6-8-22/h4-12,17-18H,13-16,19-20H2,1-3H3. The van der Waals surface area contributed by atoms with E-state index in [-0.39, 0.29) is 33.8 Å². The quantitative estimate of drug-likeness (QED) is 0.392. The molecule has 0 atom stereocenters. The average molecular weight is 558 g/mol. The van der Waals surface area contributed by atoms with Gasteiger partial charge in [-0.2, -0.15) is 0 Å². The molecule has 1 aliphatic heterocycles. The van der Waals surface area contributed by atoms with Gasteiger partial charge in [-0.3, -0.25) is 14.0 Å². The smallest absolute Gasteiger partial charge is 0.268 e. The second-order valence-electron chi connectivity index (χ2n) is 9.13. The normalized spacial score (nSPS) is 14.3. The Kier molecular flexibility index (Phi) is 8.81. The highest BCUT2D eigenvalue weighted by Gasteiger charge is 2.32. The van der Waals surface area contributed by atoms with Gasteiger partial charge in [-0.1, -0.05) is 48.0 Å². The van der Waals surface area contributed by atoms with E-state index in [1.165, 1.54) is 25.8 Å². The molecule has 1 heterocycles. The fourth-order valence-corrected chi connectivity index (χ4v) is 6.35. The highest BCUT2D eigenvalue weighted by molar-refractivity contribution is 7.93. The maximum atomic E-state index is 14.0. The first-order chi connectivity index (χ1) is 18.2. The Morgan fingerprint density at radius 3 is 2.21 bits per heavy atom. The highest BCUT2D eigenvalue weighted by Crippen LogP contribution is 2.34. The second kappa shape index (κ2) is 12.1. The number of hydrogen-bond acceptors (Lipinski definition) is 6. The summed E-state index contributed by atoms with van der Waals surface area (Å²) in [5.74, 6) is 0.315. The van der Waals surface area contributed by atoms with Crippen molar-refractivity contribution in [3.8, 4) is 11.5 Å². The molecule has 8 nitrogen and oxygen atoms in total. The largest absolute Gasteiger partial charge is 0.495 e. The Morgan fingerprint density at radius 2 is 1.58 bits per heavy atom. The summed E-state index contributed by atoms with van der Waals surface area (Å²) in [6.07, 6.45) is 0. The van der Waals surface area contributed by atoms with Crippen LogP contribution in [0, 0.1) is 6.92 Å². The van der Waals surface area contributed by atoms with E-state index in [1.807, 2.05) is 18.2 Å². The van der Waals surface area contributed by atoms with Crippen LogP contribution in [0.15, 0.2) is 71.6 Å². The molecule has 1 aliphatic rings. The van der Waals surface area contributed by atoms with Crippen molar-refractivity contribution in [3.63, 3.8) is 0 Å². The molecule has 0 radical (unpaired) electrons. The van der Waals surface area contributed by atoms with Crippen LogP contribution in [0.4, 0.5) is 5.69 Å². The molecule has 0 aliphatic carbocycles. The zero-order valence-electron chi connectivity index (χ0n) is 21.8. The van der Waals surface area contributed by atoms with Gasteiger partial charge in [0.15, 0.2) is 0 Å². The third-order valence-electron chi connectivity index (χ3n) is 6.56. The first-order valence-corrected chi connectivity index (χ1v) is 14.1. The van der Waals surface area contributed by atoms with Crippen LogP contribution in [0.3, 0.4) is 0 Å². The van der Waals surface area contributed by atoms with Crippen molar-refractivity contribution >= 4 is 33.2 Å². The Hall–Kier alpha value is -3.27. The summed E-state index contributed by atoms with van der Waals surface area (Å²) in [4.78, 5) is 17.4. The van der Waals surface area contributed by atoms with Crippen LogP contribution in [0.5, 0.6) is 11.5 Å². The number of ether oxygens (including phenoxy) is 2. The number of anilines is 1. The van der Waals surface area contributed by atoms with E-state index in [9.17, 15) is 13.2 Å². The number of methoxy groups -OCH3 is 2. The van der Waals surface area contributed by atoms with Gasteiger partial charge >= 0.3 is 0 Å². The van der Waals surface area contributed by atoms with Gasteiger partial charge in [0.05, 0.1) is 24.9 Å². The zero-order valence-corrected chi connectivity index (χ0v) is 23.3. The van der Waals surface area contributed by atoms with Crippen molar-refractivity contribution in [2.24, 2.45) is 0 Å². The minimum absolute atomic E-state index is 0.0209. The number of sulfonamides is 1. The number of hydrogen-bond donors (Lipinski definition) is 0. The molecule has 1 saturated heterocycles. The van der Waals surface area contributed by atoms with Gasteiger partial charge in [-0.25, -0.2) is 8.42 Å². The third kappa shape index (κ3) is 6.23. The van der Waals surface area contributed by atoms with Crippen molar-refractivity contribution in [2.45, 2.75) is 18.4 Å². The summed E-state index contributed by atoms with van der Waals surface area (Å²) in [5.41, 5.74) is 2.22. The topological polar surface area (TPSA) is 79.4 Å². The number of aryl methyl sites for hydroxylation is 1. The number of amides is 1. The fourth-order valence-electron chi connectivity index (χ4n) is 4.45. The van der Waals surface area contributed by atoms with Gasteiger partial charge in [-0.15, -0.1) is 0 Å². The van der Waals surface area contributed by atoms with E-state index in [2.05, 4.69) is 17.0 Å². The number of rotatable bonds is 9. The lowest BCUT2D eigenvalue weighted by Crippen LogP contribution is -2.51. The summed E-state index contributed by atoms with van der Waals surface area (Å²) in [6, 6.07) is 19.8. The lowest BCUT2D eigenvalue weighted by Gasteiger charge is -2.36. The lowest BCUT2D eigenvalue weighted by atomic mass is 10.2. The molecule has 0 unspecified atom stereocenters. The number of nitrogens with zero attached hydrogens (tertiary/aromatic N) is 3. The molecule has 0 spiro atoms. The predicted octanol–water partition coefficient (Wildman–Crippen LogP) is 4.21. The lowest BCUT2D eigenvalue weighted by molar-refractivity contribution is -0.131. The molecule has 0 bridgehead atoms. The molecule has 0 saturated carbocycles. The van der Waals surface area contributed by atoms with Gasteiger partial charge in [-0.05, 0) is 48.4 Å². The van der Waals surface area contributed by atoms with E-state index in [4.69, 9.17) is 21.1 Å². The van der Waals surface area contributed by atoms with Gasteiger partial charge in [0.2, 0.25) is 5.91 Å². The van der Waals surface area contributed by atoms with Crippen LogP contribution >= 0.6 is 11.6 Å². The molecule has 38 heavy (non-hydrogen) atoms. The number of carbonyl (C=O) groups is 1. The van der Waals surface area contributed by atoms with Crippen LogP contribution in [-0.2, 0) is 21.4 Å². The number of benzene rings is 3. The minimum atomic E-state index is -4.19. The highest BCUT2D eigenvalue weighted by atomic mass is 35.5. The maximum Gasteiger partial charge on any atom is 0.268 e. The van der Waals surface area contributed by atoms with Crippen molar-refractivity contribution in [3.05, 3.63) is 82.9 Å². The Labute approximate surface area is 229 Å². The molecule has 3 aromatic carbocycles. The molecule has 10 heteroatoms. The van der Waals surface area contributed by atoms with E-state index in [0.717, 1.165) is 16.4 Å². The fraction of sp³-hybridized carbons (Fsp3) is 0.321. The molecule has 1 fully saturated rings. The first-order valence-electron chi connectivity index (χ1n) is 12.3. The van der Waals surface area contributed by atoms with Gasteiger partial charge in [0.1, 0.15) is 22.9 Å². The minimum Gasteiger partial charge on any atom is -0.495 e. The maximum absolute atomic E-state index is 14.0. The summed E-state index contributed by atoms with van der Waals surface area (Å²) in [5, 5.41) is 0.239. The summed E-state index contributed by atoms with van der Waals surface area (Å²) < 4.78 is 39.7. The van der Waals surface area contributed by atoms with E-state index >= 15 is 0 Å². The molecule has 1 amide bonds. The summed E-state index contributed by atoms with van der Waals surface area (Å²) >= 11 is 6.35. The molecular weight excluding hydrogens is 526 g/mol. The van der Waals surface area contributed by atoms with Crippen LogP contribution in [0.2, 0.25) is 5.02 Å². The van der Waals surface area contributed by atoms with E-state index in [1.54, 1.807) is 42.2 Å². The second-order valence-corrected chi connectivity index (χ2v) is 11.4. The first kappa shape index (κ1) is 27.8. The van der Waals surface area contributed by atoms with Crippen molar-refractivity contribution in [1.82, 2.24) is 9.80 Å². The average Bonchev–Trinajstić information content (AvgIpc) is 2.92. The number of carbonyl (C=O) groups excluding carboxylic acids is 1. The molecule has 0 N–H and O–H groups in total. The van der Waals surface area contributed by atoms with Crippen molar-refractivity contribution in [1.29, 1.82) is 0 Å². The van der Waals surface area contributed by atoms with E-state index in [0.29, 0.717) is 31.9 Å². The molecule has 202 valence electrons. The number of halogens is 1. The summed E-state index contributed by atoms with van der Waals surface area (Å²) in [7, 11) is -1.29. The monoisotopic (exact) mass is 557 g/mol. The molecular formula is C28H32ClN3O5S. The zero-order chi connectivity index (χ0) is 27.3. The molecule has 0 aromatic heterocycles. The Morgan fingerprint density at radius 1 is 0.921 bits per heavy atom. The van der Waals surface area contributed by atoms with Crippen LogP contribution in [-0.4, -0.2) is 71.1 Å². The Bertz CT molecular complexity index is 1380. The van der Waals surface area contributed by atoms with Crippen LogP contribution in [0.1, 0.15) is 11.1 Å². The van der Waals surface area contributed by atoms with Gasteiger partial charge in [0, 0.05) is 32.7 Å².